The first-order valence-electron chi connectivity index (χ1n) is 10.3. The Balaban J connectivity index is 0.000000913. The van der Waals surface area contributed by atoms with Gasteiger partial charge in [0, 0.05) is 0 Å². The minimum absolute atomic E-state index is 0.556. The number of hydrogen-bond donors (Lipinski definition) is 0. The van der Waals surface area contributed by atoms with Crippen LogP contribution >= 0.6 is 18.6 Å². The van der Waals surface area contributed by atoms with Gasteiger partial charge in [0.25, 0.3) is 0 Å². The monoisotopic (exact) mass is 510 g/mol. The molecule has 0 aliphatic rings. The van der Waals surface area contributed by atoms with Crippen LogP contribution in [0.15, 0.2) is 121 Å². The number of para-hydroxylation sites is 2. The number of benzene rings is 4. The minimum atomic E-state index is -2.25. The summed E-state index contributed by atoms with van der Waals surface area (Å²) in [5.74, 6) is 0. The quantitative estimate of drug-likeness (QED) is 0.226. The minimum Gasteiger partial charge on any atom is -0.686 e. The smallest absolute Gasteiger partial charge is 0.0839 e. The van der Waals surface area contributed by atoms with E-state index in [1.807, 2.05) is 36.4 Å². The SMILES string of the molecule is [Cl][Ti][Cl].c1ccc([N-]C[Si](C[N-]c2ccccc2)(c2ccccc2)c2ccccc2)cc1. The molecule has 0 spiro atoms. The normalized spacial score (nSPS) is 10.4. The van der Waals surface area contributed by atoms with Gasteiger partial charge in [-0.15, -0.1) is 23.7 Å². The van der Waals surface area contributed by atoms with Crippen LogP contribution in [-0.2, 0) is 17.0 Å². The summed E-state index contributed by atoms with van der Waals surface area (Å²) in [6.07, 6.45) is 1.53. The van der Waals surface area contributed by atoms with Gasteiger partial charge in [-0.2, -0.15) is 0 Å². The third-order valence-electron chi connectivity index (χ3n) is 5.23. The largest absolute Gasteiger partial charge is 0.686 e. The Kier molecular flexibility index (Phi) is 10.4. The molecule has 0 N–H and O–H groups in total. The van der Waals surface area contributed by atoms with E-state index < -0.39 is 25.1 Å². The van der Waals surface area contributed by atoms with Crippen LogP contribution in [0.5, 0.6) is 0 Å². The van der Waals surface area contributed by atoms with Gasteiger partial charge in [-0.3, -0.25) is 0 Å². The topological polar surface area (TPSA) is 28.2 Å². The van der Waals surface area contributed by atoms with E-state index >= 15 is 0 Å². The molecule has 0 atom stereocenters. The molecular formula is C26H24Cl2N2SiTi-2. The average Bonchev–Trinajstić information content (AvgIpc) is 2.87. The third-order valence-corrected chi connectivity index (χ3v) is 9.50. The predicted molar refractivity (Wildman–Crippen MR) is 138 cm³/mol. The molecule has 0 unspecified atom stereocenters. The van der Waals surface area contributed by atoms with E-state index in [2.05, 4.69) is 84.9 Å². The maximum Gasteiger partial charge on any atom is 0.0839 e. The third kappa shape index (κ3) is 7.00. The van der Waals surface area contributed by atoms with Crippen molar-refractivity contribution >= 4 is 48.4 Å². The zero-order valence-corrected chi connectivity index (χ0v) is 21.7. The molecule has 0 aromatic heterocycles. The summed E-state index contributed by atoms with van der Waals surface area (Å²) < 4.78 is 0. The van der Waals surface area contributed by atoms with Crippen LogP contribution in [0, 0.1) is 0 Å². The Bertz CT molecular complexity index is 938. The molecule has 6 heteroatoms. The zero-order chi connectivity index (χ0) is 22.5. The van der Waals surface area contributed by atoms with Gasteiger partial charge in [-0.1, -0.05) is 132 Å². The molecule has 0 saturated carbocycles. The molecule has 2 nitrogen and oxygen atoms in total. The second-order valence-corrected chi connectivity index (χ2v) is 13.7. The maximum absolute atomic E-state index is 5.05. The van der Waals surface area contributed by atoms with Crippen molar-refractivity contribution in [2.75, 3.05) is 12.3 Å². The molecule has 0 bridgehead atoms. The van der Waals surface area contributed by atoms with E-state index in [1.54, 1.807) is 0 Å². The van der Waals surface area contributed by atoms with E-state index in [1.165, 1.54) is 10.4 Å². The Morgan fingerprint density at radius 1 is 0.500 bits per heavy atom. The molecule has 0 fully saturated rings. The van der Waals surface area contributed by atoms with Crippen molar-refractivity contribution in [3.8, 4) is 0 Å². The second kappa shape index (κ2) is 13.5. The van der Waals surface area contributed by atoms with E-state index in [0.717, 1.165) is 23.7 Å². The standard InChI is InChI=1S/C26H24N2Si.2ClH.Ti/c1-5-13-23(14-6-1)27-21-29(25-17-9-3-10-18-25,26-19-11-4-12-20-26)22-28-24-15-7-2-8-16-24;;;/h1-20H,21-22H2;2*1H;/q-2;;;+2/p-2. The second-order valence-electron chi connectivity index (χ2n) is 7.19. The van der Waals surface area contributed by atoms with Crippen molar-refractivity contribution in [1.82, 2.24) is 0 Å². The Morgan fingerprint density at radius 2 is 0.781 bits per heavy atom. The fourth-order valence-electron chi connectivity index (χ4n) is 3.62. The van der Waals surface area contributed by atoms with E-state index in [9.17, 15) is 0 Å². The number of hydrogen-bond acceptors (Lipinski definition) is 0. The maximum atomic E-state index is 5.05. The average molecular weight is 511 g/mol. The molecule has 0 radical (unpaired) electrons. The summed E-state index contributed by atoms with van der Waals surface area (Å²) in [5, 5.41) is 12.8. The molecule has 4 rings (SSSR count). The Labute approximate surface area is 208 Å². The van der Waals surface area contributed by atoms with Gasteiger partial charge >= 0.3 is 35.6 Å². The molecular weight excluding hydrogens is 487 g/mol. The van der Waals surface area contributed by atoms with Crippen LogP contribution in [0.4, 0.5) is 11.4 Å². The van der Waals surface area contributed by atoms with Gasteiger partial charge in [0.05, 0.1) is 8.07 Å². The molecule has 0 aliphatic carbocycles. The number of rotatable bonds is 8. The van der Waals surface area contributed by atoms with Crippen LogP contribution < -0.4 is 10.4 Å². The van der Waals surface area contributed by atoms with Gasteiger partial charge in [0.2, 0.25) is 0 Å². The van der Waals surface area contributed by atoms with Gasteiger partial charge in [0.1, 0.15) is 0 Å². The van der Waals surface area contributed by atoms with Crippen molar-refractivity contribution in [2.45, 2.75) is 0 Å². The number of halogens is 2. The first-order chi connectivity index (χ1) is 15.8. The molecule has 162 valence electrons. The first kappa shape index (κ1) is 24.6. The first-order valence-corrected chi connectivity index (χ1v) is 17.0. The summed E-state index contributed by atoms with van der Waals surface area (Å²) in [6.45, 7) is 0. The van der Waals surface area contributed by atoms with Crippen LogP contribution in [0.25, 0.3) is 10.6 Å². The van der Waals surface area contributed by atoms with E-state index in [4.69, 9.17) is 29.2 Å². The summed E-state index contributed by atoms with van der Waals surface area (Å²) in [4.78, 5) is 0. The Morgan fingerprint density at radius 3 is 1.09 bits per heavy atom. The fraction of sp³-hybridized carbons (Fsp3) is 0.0769. The fourth-order valence-corrected chi connectivity index (χ4v) is 7.35. The summed E-state index contributed by atoms with van der Waals surface area (Å²) in [5.41, 5.74) is 2.05. The van der Waals surface area contributed by atoms with Gasteiger partial charge in [-0.05, 0) is 0 Å². The molecule has 0 saturated heterocycles. The van der Waals surface area contributed by atoms with Crippen molar-refractivity contribution in [3.63, 3.8) is 0 Å². The van der Waals surface area contributed by atoms with Gasteiger partial charge < -0.3 is 10.6 Å². The van der Waals surface area contributed by atoms with Crippen molar-refractivity contribution < 1.29 is 17.0 Å². The van der Waals surface area contributed by atoms with Crippen molar-refractivity contribution in [3.05, 3.63) is 132 Å². The predicted octanol–water partition coefficient (Wildman–Crippen LogP) is 7.12. The number of nitrogens with zero attached hydrogens (tertiary/aromatic N) is 2. The van der Waals surface area contributed by atoms with Crippen LogP contribution in [-0.4, -0.2) is 20.4 Å². The van der Waals surface area contributed by atoms with Crippen LogP contribution in [0.1, 0.15) is 0 Å². The van der Waals surface area contributed by atoms with Crippen molar-refractivity contribution in [1.29, 1.82) is 0 Å². The molecule has 0 heterocycles. The summed E-state index contributed by atoms with van der Waals surface area (Å²) in [7, 11) is 7.53. The van der Waals surface area contributed by atoms with Crippen molar-refractivity contribution in [2.24, 2.45) is 0 Å². The molecule has 32 heavy (non-hydrogen) atoms. The van der Waals surface area contributed by atoms with Crippen LogP contribution in [0.2, 0.25) is 0 Å². The van der Waals surface area contributed by atoms with Gasteiger partial charge in [-0.25, -0.2) is 0 Å². The molecule has 4 aromatic rings. The van der Waals surface area contributed by atoms with Gasteiger partial charge in [0.15, 0.2) is 0 Å². The summed E-state index contributed by atoms with van der Waals surface area (Å²) >= 11 is -0.556. The summed E-state index contributed by atoms with van der Waals surface area (Å²) in [6, 6.07) is 42.2. The van der Waals surface area contributed by atoms with E-state index in [-0.39, 0.29) is 0 Å². The van der Waals surface area contributed by atoms with Crippen LogP contribution in [0.3, 0.4) is 0 Å². The van der Waals surface area contributed by atoms with E-state index in [0.29, 0.717) is 0 Å². The zero-order valence-electron chi connectivity index (χ0n) is 17.6. The molecule has 0 amide bonds. The molecule has 4 aromatic carbocycles. The molecule has 0 aliphatic heterocycles. The Hall–Kier alpha value is -2.01.